The zero-order chi connectivity index (χ0) is 17.8. The third-order valence-corrected chi connectivity index (χ3v) is 4.08. The fraction of sp³-hybridized carbons (Fsp3) is 0.167. The molecule has 0 bridgehead atoms. The fourth-order valence-corrected chi connectivity index (χ4v) is 2.81. The smallest absolute Gasteiger partial charge is 0.253 e. The zero-order valence-corrected chi connectivity index (χ0v) is 13.2. The summed E-state index contributed by atoms with van der Waals surface area (Å²) in [5, 5.41) is 25.4. The highest BCUT2D eigenvalue weighted by Gasteiger charge is 2.40. The third kappa shape index (κ3) is 3.60. The molecule has 2 aromatic rings. The highest BCUT2D eigenvalue weighted by atomic mass is 16.3. The van der Waals surface area contributed by atoms with Gasteiger partial charge in [0, 0.05) is 24.1 Å². The number of hydrogen-bond donors (Lipinski definition) is 4. The Morgan fingerprint density at radius 1 is 1.20 bits per heavy atom. The number of hydrazone groups is 1. The second-order valence-corrected chi connectivity index (χ2v) is 5.72. The van der Waals surface area contributed by atoms with Crippen molar-refractivity contribution in [3.63, 3.8) is 0 Å². The molecule has 1 heterocycles. The molecule has 1 fully saturated rings. The van der Waals surface area contributed by atoms with Crippen molar-refractivity contribution >= 4 is 18.0 Å². The molecule has 3 rings (SSSR count). The lowest BCUT2D eigenvalue weighted by molar-refractivity contribution is -0.133. The SMILES string of the molecule is O=C1NC[C@H](c2ccccc2)[C@H]1C(=O)N/N=C/c1ccc(O)cc1O. The molecule has 4 N–H and O–H groups in total. The molecule has 128 valence electrons. The van der Waals surface area contributed by atoms with Crippen molar-refractivity contribution in [2.24, 2.45) is 11.0 Å². The molecule has 0 aromatic heterocycles. The number of phenolic OH excluding ortho intramolecular Hbond substituents is 2. The van der Waals surface area contributed by atoms with Gasteiger partial charge in [0.2, 0.25) is 5.91 Å². The number of carbonyl (C=O) groups excluding carboxylic acids is 2. The van der Waals surface area contributed by atoms with Crippen LogP contribution in [0.1, 0.15) is 17.0 Å². The van der Waals surface area contributed by atoms with Crippen LogP contribution in [0.4, 0.5) is 0 Å². The van der Waals surface area contributed by atoms with Gasteiger partial charge < -0.3 is 15.5 Å². The van der Waals surface area contributed by atoms with Gasteiger partial charge in [-0.05, 0) is 17.7 Å². The summed E-state index contributed by atoms with van der Waals surface area (Å²) in [5.41, 5.74) is 3.57. The molecule has 2 atom stereocenters. The van der Waals surface area contributed by atoms with Crippen molar-refractivity contribution in [2.45, 2.75) is 5.92 Å². The minimum absolute atomic E-state index is 0.0768. The Labute approximate surface area is 144 Å². The average Bonchev–Trinajstić information content (AvgIpc) is 2.99. The van der Waals surface area contributed by atoms with Crippen LogP contribution >= 0.6 is 0 Å². The number of nitrogens with zero attached hydrogens (tertiary/aromatic N) is 1. The van der Waals surface area contributed by atoms with Gasteiger partial charge in [-0.1, -0.05) is 30.3 Å². The van der Waals surface area contributed by atoms with Crippen LogP contribution in [0, 0.1) is 5.92 Å². The van der Waals surface area contributed by atoms with Crippen molar-refractivity contribution < 1.29 is 19.8 Å². The number of benzene rings is 2. The summed E-state index contributed by atoms with van der Waals surface area (Å²) in [5.74, 6) is -2.22. The normalized spacial score (nSPS) is 19.8. The van der Waals surface area contributed by atoms with Gasteiger partial charge in [0.25, 0.3) is 5.91 Å². The van der Waals surface area contributed by atoms with E-state index in [0.29, 0.717) is 12.1 Å². The quantitative estimate of drug-likeness (QED) is 0.379. The molecular formula is C18H17N3O4. The van der Waals surface area contributed by atoms with Crippen LogP contribution in [0.15, 0.2) is 53.6 Å². The van der Waals surface area contributed by atoms with E-state index in [2.05, 4.69) is 15.8 Å². The second-order valence-electron chi connectivity index (χ2n) is 5.72. The Morgan fingerprint density at radius 3 is 2.68 bits per heavy atom. The van der Waals surface area contributed by atoms with Gasteiger partial charge in [0.15, 0.2) is 0 Å². The first kappa shape index (κ1) is 16.5. The topological polar surface area (TPSA) is 111 Å². The van der Waals surface area contributed by atoms with E-state index < -0.39 is 11.8 Å². The van der Waals surface area contributed by atoms with E-state index >= 15 is 0 Å². The lowest BCUT2D eigenvalue weighted by atomic mass is 9.88. The Hall–Kier alpha value is -3.35. The van der Waals surface area contributed by atoms with E-state index in [0.717, 1.165) is 5.56 Å². The molecular weight excluding hydrogens is 322 g/mol. The summed E-state index contributed by atoms with van der Waals surface area (Å²) in [6.07, 6.45) is 1.25. The van der Waals surface area contributed by atoms with Crippen LogP contribution in [-0.2, 0) is 9.59 Å². The predicted molar refractivity (Wildman–Crippen MR) is 91.2 cm³/mol. The molecule has 0 aliphatic carbocycles. The Bertz CT molecular complexity index is 820. The molecule has 0 spiro atoms. The zero-order valence-electron chi connectivity index (χ0n) is 13.2. The number of rotatable bonds is 4. The molecule has 1 aliphatic rings. The first-order valence-corrected chi connectivity index (χ1v) is 7.74. The van der Waals surface area contributed by atoms with Crippen LogP contribution in [0.2, 0.25) is 0 Å². The minimum Gasteiger partial charge on any atom is -0.508 e. The maximum Gasteiger partial charge on any atom is 0.253 e. The van der Waals surface area contributed by atoms with Gasteiger partial charge in [-0.2, -0.15) is 5.10 Å². The molecule has 2 amide bonds. The van der Waals surface area contributed by atoms with E-state index in [9.17, 15) is 19.8 Å². The minimum atomic E-state index is -0.868. The van der Waals surface area contributed by atoms with Crippen LogP contribution < -0.4 is 10.7 Å². The van der Waals surface area contributed by atoms with Gasteiger partial charge in [0.05, 0.1) is 6.21 Å². The Kier molecular flexibility index (Phi) is 4.65. The summed E-state index contributed by atoms with van der Waals surface area (Å²) in [6.45, 7) is 0.392. The number of carbonyl (C=O) groups is 2. The highest BCUT2D eigenvalue weighted by molar-refractivity contribution is 6.03. The van der Waals surface area contributed by atoms with Crippen LogP contribution in [0.3, 0.4) is 0 Å². The van der Waals surface area contributed by atoms with Crippen LogP contribution in [0.5, 0.6) is 11.5 Å². The van der Waals surface area contributed by atoms with Gasteiger partial charge in [-0.25, -0.2) is 5.43 Å². The number of aromatic hydroxyl groups is 2. The Balaban J connectivity index is 1.71. The summed E-state index contributed by atoms with van der Waals surface area (Å²) in [6, 6.07) is 13.4. The molecule has 25 heavy (non-hydrogen) atoms. The second kappa shape index (κ2) is 7.04. The molecule has 7 heteroatoms. The summed E-state index contributed by atoms with van der Waals surface area (Å²) >= 11 is 0. The standard InChI is InChI=1S/C18H17N3O4/c22-13-7-6-12(15(23)8-13)9-20-21-18(25)16-14(10-19-17(16)24)11-4-2-1-3-5-11/h1-9,14,16,22-23H,10H2,(H,19,24)(H,21,25)/b20-9+/t14-,16-/m1/s1. The number of phenols is 2. The van der Waals surface area contributed by atoms with Crippen molar-refractivity contribution in [3.05, 3.63) is 59.7 Å². The van der Waals surface area contributed by atoms with E-state index in [-0.39, 0.29) is 23.3 Å². The number of nitrogens with one attached hydrogen (secondary N) is 2. The van der Waals surface area contributed by atoms with Crippen molar-refractivity contribution in [1.82, 2.24) is 10.7 Å². The molecule has 0 saturated carbocycles. The average molecular weight is 339 g/mol. The van der Waals surface area contributed by atoms with Gasteiger partial charge >= 0.3 is 0 Å². The summed E-state index contributed by atoms with van der Waals surface area (Å²) < 4.78 is 0. The lowest BCUT2D eigenvalue weighted by Crippen LogP contribution is -2.34. The predicted octanol–water partition coefficient (Wildman–Crippen LogP) is 1.08. The lowest BCUT2D eigenvalue weighted by Gasteiger charge is -2.15. The molecule has 0 radical (unpaired) electrons. The van der Waals surface area contributed by atoms with Crippen LogP contribution in [-0.4, -0.2) is 34.8 Å². The van der Waals surface area contributed by atoms with E-state index in [1.165, 1.54) is 24.4 Å². The van der Waals surface area contributed by atoms with Gasteiger partial charge in [-0.15, -0.1) is 0 Å². The monoisotopic (exact) mass is 339 g/mol. The highest BCUT2D eigenvalue weighted by Crippen LogP contribution is 2.29. The molecule has 1 saturated heterocycles. The van der Waals surface area contributed by atoms with E-state index in [1.54, 1.807) is 0 Å². The molecule has 0 unspecified atom stereocenters. The van der Waals surface area contributed by atoms with Crippen molar-refractivity contribution in [1.29, 1.82) is 0 Å². The first-order chi connectivity index (χ1) is 12.1. The maximum absolute atomic E-state index is 12.4. The van der Waals surface area contributed by atoms with Gasteiger partial charge in [-0.3, -0.25) is 9.59 Å². The van der Waals surface area contributed by atoms with Crippen LogP contribution in [0.25, 0.3) is 0 Å². The van der Waals surface area contributed by atoms with Crippen molar-refractivity contribution in [2.75, 3.05) is 6.54 Å². The summed E-state index contributed by atoms with van der Waals surface area (Å²) in [7, 11) is 0. The molecule has 1 aliphatic heterocycles. The number of amides is 2. The van der Waals surface area contributed by atoms with Crippen molar-refractivity contribution in [3.8, 4) is 11.5 Å². The molecule has 7 nitrogen and oxygen atoms in total. The largest absolute Gasteiger partial charge is 0.508 e. The summed E-state index contributed by atoms with van der Waals surface area (Å²) in [4.78, 5) is 24.4. The fourth-order valence-electron chi connectivity index (χ4n) is 2.81. The van der Waals surface area contributed by atoms with E-state index in [1.807, 2.05) is 30.3 Å². The van der Waals surface area contributed by atoms with E-state index in [4.69, 9.17) is 0 Å². The van der Waals surface area contributed by atoms with Gasteiger partial charge in [0.1, 0.15) is 17.4 Å². The maximum atomic E-state index is 12.4. The molecule has 2 aromatic carbocycles. The number of hydrogen-bond acceptors (Lipinski definition) is 5. The Morgan fingerprint density at radius 2 is 1.96 bits per heavy atom. The first-order valence-electron chi connectivity index (χ1n) is 7.74. The third-order valence-electron chi connectivity index (χ3n) is 4.08.